The van der Waals surface area contributed by atoms with E-state index in [0.717, 1.165) is 37.6 Å². The Bertz CT molecular complexity index is 723. The Kier molecular flexibility index (Phi) is 4.20. The highest BCUT2D eigenvalue weighted by Crippen LogP contribution is 2.31. The minimum absolute atomic E-state index is 0.0505. The number of hydrogen-bond acceptors (Lipinski definition) is 4. The lowest BCUT2D eigenvalue weighted by Crippen LogP contribution is -2.36. The first-order valence-corrected chi connectivity index (χ1v) is 7.98. The zero-order valence-corrected chi connectivity index (χ0v) is 13.6. The molecule has 1 aliphatic rings. The molecule has 3 heterocycles. The van der Waals surface area contributed by atoms with Crippen LogP contribution in [0.2, 0.25) is 5.02 Å². The van der Waals surface area contributed by atoms with Crippen LogP contribution in [0.25, 0.3) is 0 Å². The van der Waals surface area contributed by atoms with E-state index in [1.807, 2.05) is 19.1 Å². The van der Waals surface area contributed by atoms with Crippen LogP contribution in [0.15, 0.2) is 23.1 Å². The highest BCUT2D eigenvalue weighted by Gasteiger charge is 2.28. The lowest BCUT2D eigenvalue weighted by molar-refractivity contribution is 0.468. The first-order chi connectivity index (χ1) is 10.6. The van der Waals surface area contributed by atoms with Crippen LogP contribution in [-0.2, 0) is 13.6 Å². The summed E-state index contributed by atoms with van der Waals surface area (Å²) in [6.07, 6.45) is 3.82. The number of aryl methyl sites for hydroxylation is 1. The number of hydrogen-bond donors (Lipinski definition) is 0. The third kappa shape index (κ3) is 2.63. The number of aromatic nitrogens is 4. The summed E-state index contributed by atoms with van der Waals surface area (Å²) in [6, 6.07) is 3.69. The molecule has 118 valence electrons. The fourth-order valence-corrected chi connectivity index (χ4v) is 3.35. The molecule has 1 atom stereocenters. The summed E-state index contributed by atoms with van der Waals surface area (Å²) in [4.78, 5) is 18.7. The van der Waals surface area contributed by atoms with Crippen LogP contribution < -0.4 is 10.6 Å². The van der Waals surface area contributed by atoms with Gasteiger partial charge in [-0.15, -0.1) is 0 Å². The topological polar surface area (TPSA) is 56.0 Å². The first kappa shape index (κ1) is 15.1. The van der Waals surface area contributed by atoms with Crippen LogP contribution in [-0.4, -0.2) is 32.4 Å². The number of piperidine rings is 1. The molecular formula is C15H20ClN5O. The summed E-state index contributed by atoms with van der Waals surface area (Å²) < 4.78 is 3.18. The minimum Gasteiger partial charge on any atom is -0.355 e. The van der Waals surface area contributed by atoms with E-state index in [-0.39, 0.29) is 11.6 Å². The summed E-state index contributed by atoms with van der Waals surface area (Å²) >= 11 is 6.26. The maximum atomic E-state index is 12.1. The van der Waals surface area contributed by atoms with Gasteiger partial charge in [-0.2, -0.15) is 5.10 Å². The zero-order valence-electron chi connectivity index (χ0n) is 12.9. The molecule has 22 heavy (non-hydrogen) atoms. The van der Waals surface area contributed by atoms with Crippen molar-refractivity contribution in [2.24, 2.45) is 7.05 Å². The maximum Gasteiger partial charge on any atom is 0.345 e. The molecular weight excluding hydrogens is 302 g/mol. The Morgan fingerprint density at radius 3 is 3.00 bits per heavy atom. The third-order valence-electron chi connectivity index (χ3n) is 4.18. The lowest BCUT2D eigenvalue weighted by Gasteiger charge is -2.33. The monoisotopic (exact) mass is 321 g/mol. The molecule has 0 bridgehead atoms. The predicted molar refractivity (Wildman–Crippen MR) is 86.6 cm³/mol. The second-order valence-electron chi connectivity index (χ2n) is 5.60. The molecule has 0 saturated carbocycles. The molecule has 0 spiro atoms. The second-order valence-corrected chi connectivity index (χ2v) is 6.01. The van der Waals surface area contributed by atoms with Gasteiger partial charge >= 0.3 is 5.69 Å². The first-order valence-electron chi connectivity index (χ1n) is 7.61. The van der Waals surface area contributed by atoms with E-state index in [4.69, 9.17) is 11.6 Å². The van der Waals surface area contributed by atoms with Gasteiger partial charge in [-0.05, 0) is 31.9 Å². The van der Waals surface area contributed by atoms with Crippen molar-refractivity contribution >= 4 is 17.4 Å². The number of rotatable bonds is 3. The van der Waals surface area contributed by atoms with Gasteiger partial charge in [0.25, 0.3) is 0 Å². The fourth-order valence-electron chi connectivity index (χ4n) is 3.11. The van der Waals surface area contributed by atoms with Gasteiger partial charge in [0.05, 0.1) is 5.02 Å². The van der Waals surface area contributed by atoms with Crippen molar-refractivity contribution in [1.29, 1.82) is 0 Å². The third-order valence-corrected chi connectivity index (χ3v) is 4.47. The normalized spacial score (nSPS) is 18.7. The quantitative estimate of drug-likeness (QED) is 0.868. The van der Waals surface area contributed by atoms with Crippen LogP contribution in [0.5, 0.6) is 0 Å². The van der Waals surface area contributed by atoms with E-state index in [0.29, 0.717) is 11.6 Å². The average Bonchev–Trinajstić information content (AvgIpc) is 2.83. The van der Waals surface area contributed by atoms with Crippen LogP contribution in [0.1, 0.15) is 31.5 Å². The van der Waals surface area contributed by atoms with Crippen molar-refractivity contribution in [1.82, 2.24) is 19.3 Å². The summed E-state index contributed by atoms with van der Waals surface area (Å²) in [5.74, 6) is 1.91. The SMILES string of the molecule is CCn1c([C@H]2CCCN(c3ncccc3Cl)C2)nn(C)c1=O. The molecule has 0 unspecified atom stereocenters. The molecule has 0 amide bonds. The van der Waals surface area contributed by atoms with E-state index < -0.39 is 0 Å². The fraction of sp³-hybridized carbons (Fsp3) is 0.533. The molecule has 3 rings (SSSR count). The Labute approximate surface area is 134 Å². The number of nitrogens with zero attached hydrogens (tertiary/aromatic N) is 5. The molecule has 0 aliphatic carbocycles. The predicted octanol–water partition coefficient (Wildman–Crippen LogP) is 2.03. The van der Waals surface area contributed by atoms with Gasteiger partial charge < -0.3 is 4.90 Å². The molecule has 2 aromatic heterocycles. The minimum atomic E-state index is -0.0505. The van der Waals surface area contributed by atoms with E-state index in [1.165, 1.54) is 4.68 Å². The average molecular weight is 322 g/mol. The van der Waals surface area contributed by atoms with Crippen LogP contribution in [0.3, 0.4) is 0 Å². The summed E-state index contributed by atoms with van der Waals surface area (Å²) in [5.41, 5.74) is -0.0505. The van der Waals surface area contributed by atoms with E-state index in [2.05, 4.69) is 15.0 Å². The van der Waals surface area contributed by atoms with Crippen molar-refractivity contribution in [3.63, 3.8) is 0 Å². The van der Waals surface area contributed by atoms with Crippen molar-refractivity contribution in [2.45, 2.75) is 32.2 Å². The number of anilines is 1. The van der Waals surface area contributed by atoms with Crippen molar-refractivity contribution < 1.29 is 0 Å². The van der Waals surface area contributed by atoms with Crippen LogP contribution in [0.4, 0.5) is 5.82 Å². The molecule has 2 aromatic rings. The molecule has 6 nitrogen and oxygen atoms in total. The van der Waals surface area contributed by atoms with Gasteiger partial charge in [0.2, 0.25) is 0 Å². The summed E-state index contributed by atoms with van der Waals surface area (Å²) in [7, 11) is 1.70. The summed E-state index contributed by atoms with van der Waals surface area (Å²) in [5, 5.41) is 5.11. The molecule has 1 saturated heterocycles. The van der Waals surface area contributed by atoms with E-state index in [9.17, 15) is 4.79 Å². The second kappa shape index (κ2) is 6.12. The maximum absolute atomic E-state index is 12.1. The molecule has 1 aliphatic heterocycles. The van der Waals surface area contributed by atoms with Gasteiger partial charge in [-0.3, -0.25) is 4.57 Å². The Morgan fingerprint density at radius 2 is 2.27 bits per heavy atom. The summed E-state index contributed by atoms with van der Waals surface area (Å²) in [6.45, 7) is 4.33. The number of halogens is 1. The van der Waals surface area contributed by atoms with Gasteiger partial charge in [0.1, 0.15) is 11.6 Å². The smallest absolute Gasteiger partial charge is 0.345 e. The van der Waals surface area contributed by atoms with Gasteiger partial charge in [-0.25, -0.2) is 14.5 Å². The van der Waals surface area contributed by atoms with Gasteiger partial charge in [-0.1, -0.05) is 11.6 Å². The Balaban J connectivity index is 1.89. The number of pyridine rings is 1. The van der Waals surface area contributed by atoms with Crippen molar-refractivity contribution in [3.05, 3.63) is 39.7 Å². The molecule has 7 heteroatoms. The van der Waals surface area contributed by atoms with E-state index >= 15 is 0 Å². The van der Waals surface area contributed by atoms with Crippen LogP contribution in [0, 0.1) is 0 Å². The van der Waals surface area contributed by atoms with E-state index in [1.54, 1.807) is 17.8 Å². The molecule has 0 radical (unpaired) electrons. The molecule has 1 fully saturated rings. The highest BCUT2D eigenvalue weighted by molar-refractivity contribution is 6.32. The zero-order chi connectivity index (χ0) is 15.7. The van der Waals surface area contributed by atoms with Gasteiger partial charge in [0.15, 0.2) is 0 Å². The lowest BCUT2D eigenvalue weighted by atomic mass is 9.97. The largest absolute Gasteiger partial charge is 0.355 e. The molecule has 0 aromatic carbocycles. The Morgan fingerprint density at radius 1 is 1.45 bits per heavy atom. The van der Waals surface area contributed by atoms with Crippen LogP contribution >= 0.6 is 11.6 Å². The standard InChI is InChI=1S/C15H20ClN5O/c1-3-21-13(18-19(2)15(21)22)11-6-5-9-20(10-11)14-12(16)7-4-8-17-14/h4,7-8,11H,3,5-6,9-10H2,1-2H3/t11-/m0/s1. The van der Waals surface area contributed by atoms with Crippen molar-refractivity contribution in [3.8, 4) is 0 Å². The Hall–Kier alpha value is -1.82. The highest BCUT2D eigenvalue weighted by atomic mass is 35.5. The molecule has 0 N–H and O–H groups in total. The van der Waals surface area contributed by atoms with Crippen molar-refractivity contribution in [2.75, 3.05) is 18.0 Å². The van der Waals surface area contributed by atoms with Gasteiger partial charge in [0, 0.05) is 38.8 Å².